The lowest BCUT2D eigenvalue weighted by atomic mass is 9.89. The predicted molar refractivity (Wildman–Crippen MR) is 57.8 cm³/mol. The van der Waals surface area contributed by atoms with E-state index in [0.717, 1.165) is 5.56 Å². The Labute approximate surface area is 97.9 Å². The first-order valence-corrected chi connectivity index (χ1v) is 5.14. The fourth-order valence-electron chi connectivity index (χ4n) is 2.20. The van der Waals surface area contributed by atoms with Crippen molar-refractivity contribution in [2.24, 2.45) is 0 Å². The van der Waals surface area contributed by atoms with Gasteiger partial charge in [0.05, 0.1) is 11.1 Å². The van der Waals surface area contributed by atoms with Crippen LogP contribution in [0.3, 0.4) is 0 Å². The summed E-state index contributed by atoms with van der Waals surface area (Å²) in [4.78, 5) is 27.2. The maximum Gasteiger partial charge on any atom is 0.347 e. The molecule has 0 radical (unpaired) electrons. The van der Waals surface area contributed by atoms with Gasteiger partial charge in [-0.15, -0.1) is 0 Å². The van der Waals surface area contributed by atoms with Gasteiger partial charge in [-0.25, -0.2) is 14.5 Å². The average Bonchev–Trinajstić information content (AvgIpc) is 2.57. The number of hydrogen-bond donors (Lipinski definition) is 1. The molecule has 17 heavy (non-hydrogen) atoms. The lowest BCUT2D eigenvalue weighted by Crippen LogP contribution is -2.07. The van der Waals surface area contributed by atoms with Crippen molar-refractivity contribution in [1.82, 2.24) is 0 Å². The van der Waals surface area contributed by atoms with Crippen molar-refractivity contribution in [3.63, 3.8) is 0 Å². The SMILES string of the molecule is Cc1c(C)c2c(c(C)c1COO)C(=O)OC2=O. The van der Waals surface area contributed by atoms with Gasteiger partial charge in [0, 0.05) is 0 Å². The Kier molecular flexibility index (Phi) is 2.73. The largest absolute Gasteiger partial charge is 0.386 e. The molecule has 0 aliphatic carbocycles. The predicted octanol–water partition coefficient (Wildman–Crippen LogP) is 1.91. The van der Waals surface area contributed by atoms with Crippen LogP contribution in [-0.4, -0.2) is 17.2 Å². The van der Waals surface area contributed by atoms with Crippen LogP contribution in [0.1, 0.15) is 43.0 Å². The van der Waals surface area contributed by atoms with Gasteiger partial charge in [0.25, 0.3) is 0 Å². The second-order valence-electron chi connectivity index (χ2n) is 4.05. The van der Waals surface area contributed by atoms with Crippen molar-refractivity contribution in [3.05, 3.63) is 33.4 Å². The third kappa shape index (κ3) is 1.55. The van der Waals surface area contributed by atoms with Crippen LogP contribution in [0.4, 0.5) is 0 Å². The zero-order valence-corrected chi connectivity index (χ0v) is 9.79. The summed E-state index contributed by atoms with van der Waals surface area (Å²) >= 11 is 0. The van der Waals surface area contributed by atoms with E-state index in [4.69, 9.17) is 5.26 Å². The second-order valence-corrected chi connectivity index (χ2v) is 4.05. The van der Waals surface area contributed by atoms with E-state index in [-0.39, 0.29) is 12.2 Å². The Morgan fingerprint density at radius 1 is 1.00 bits per heavy atom. The second kappa shape index (κ2) is 3.94. The maximum atomic E-state index is 11.6. The first-order valence-electron chi connectivity index (χ1n) is 5.14. The molecule has 0 amide bonds. The summed E-state index contributed by atoms with van der Waals surface area (Å²) in [7, 11) is 0. The molecule has 0 fully saturated rings. The van der Waals surface area contributed by atoms with E-state index in [1.807, 2.05) is 6.92 Å². The van der Waals surface area contributed by atoms with Gasteiger partial charge in [-0.1, -0.05) is 0 Å². The number of ether oxygens (including phenoxy) is 1. The molecule has 2 rings (SSSR count). The average molecular weight is 236 g/mol. The lowest BCUT2D eigenvalue weighted by molar-refractivity contribution is -0.253. The quantitative estimate of drug-likeness (QED) is 0.367. The minimum atomic E-state index is -0.634. The van der Waals surface area contributed by atoms with Gasteiger partial charge in [0.15, 0.2) is 0 Å². The standard InChI is InChI=1S/C12H12O5/c1-5-6(2)9-10(12(14)17-11(9)13)7(3)8(5)4-16-15/h15H,4H2,1-3H3. The molecule has 1 aliphatic heterocycles. The maximum absolute atomic E-state index is 11.6. The van der Waals surface area contributed by atoms with Crippen LogP contribution in [0.15, 0.2) is 0 Å². The van der Waals surface area contributed by atoms with E-state index in [9.17, 15) is 9.59 Å². The molecule has 90 valence electrons. The molecular weight excluding hydrogens is 224 g/mol. The Hall–Kier alpha value is -1.72. The Bertz CT molecular complexity index is 530. The number of hydrogen-bond acceptors (Lipinski definition) is 5. The molecule has 1 N–H and O–H groups in total. The highest BCUT2D eigenvalue weighted by molar-refractivity contribution is 6.16. The van der Waals surface area contributed by atoms with Gasteiger partial charge in [-0.3, -0.25) is 5.26 Å². The van der Waals surface area contributed by atoms with Crippen molar-refractivity contribution in [2.45, 2.75) is 27.4 Å². The Morgan fingerprint density at radius 3 is 2.06 bits per heavy atom. The molecule has 5 heteroatoms. The lowest BCUT2D eigenvalue weighted by Gasteiger charge is -2.13. The number of rotatable bonds is 2. The van der Waals surface area contributed by atoms with Crippen LogP contribution in [0.2, 0.25) is 0 Å². The minimum Gasteiger partial charge on any atom is -0.386 e. The molecule has 5 nitrogen and oxygen atoms in total. The van der Waals surface area contributed by atoms with Crippen molar-refractivity contribution in [3.8, 4) is 0 Å². The van der Waals surface area contributed by atoms with E-state index in [2.05, 4.69) is 9.62 Å². The first kappa shape index (κ1) is 11.8. The van der Waals surface area contributed by atoms with Crippen LogP contribution in [0.5, 0.6) is 0 Å². The molecule has 0 aromatic heterocycles. The van der Waals surface area contributed by atoms with Gasteiger partial charge < -0.3 is 4.74 Å². The molecule has 0 saturated carbocycles. The number of carbonyl (C=O) groups excluding carboxylic acids is 2. The number of benzene rings is 1. The van der Waals surface area contributed by atoms with Gasteiger partial charge in [-0.05, 0) is 43.0 Å². The summed E-state index contributed by atoms with van der Waals surface area (Å²) < 4.78 is 4.60. The third-order valence-corrected chi connectivity index (χ3v) is 3.27. The fraction of sp³-hybridized carbons (Fsp3) is 0.333. The van der Waals surface area contributed by atoms with Crippen molar-refractivity contribution < 1.29 is 24.5 Å². The van der Waals surface area contributed by atoms with E-state index in [1.165, 1.54) is 0 Å². The van der Waals surface area contributed by atoms with Crippen LogP contribution in [0, 0.1) is 20.8 Å². The number of carbonyl (C=O) groups is 2. The van der Waals surface area contributed by atoms with Crippen molar-refractivity contribution >= 4 is 11.9 Å². The molecule has 0 saturated heterocycles. The highest BCUT2D eigenvalue weighted by Crippen LogP contribution is 2.32. The van der Waals surface area contributed by atoms with E-state index in [1.54, 1.807) is 13.8 Å². The molecule has 1 aromatic carbocycles. The van der Waals surface area contributed by atoms with Crippen LogP contribution in [-0.2, 0) is 16.2 Å². The highest BCUT2D eigenvalue weighted by Gasteiger charge is 2.35. The Morgan fingerprint density at radius 2 is 1.53 bits per heavy atom. The number of fused-ring (bicyclic) bond motifs is 1. The fourth-order valence-corrected chi connectivity index (χ4v) is 2.20. The molecular formula is C12H12O5. The zero-order chi connectivity index (χ0) is 12.7. The molecule has 0 unspecified atom stereocenters. The molecule has 0 atom stereocenters. The summed E-state index contributed by atoms with van der Waals surface area (Å²) in [5.74, 6) is -1.24. The van der Waals surface area contributed by atoms with Crippen molar-refractivity contribution in [1.29, 1.82) is 0 Å². The molecule has 1 heterocycles. The summed E-state index contributed by atoms with van der Waals surface area (Å²) in [6.07, 6.45) is 0. The van der Waals surface area contributed by atoms with Gasteiger partial charge in [0.1, 0.15) is 6.61 Å². The van der Waals surface area contributed by atoms with E-state index < -0.39 is 11.9 Å². The van der Waals surface area contributed by atoms with Crippen LogP contribution < -0.4 is 0 Å². The summed E-state index contributed by atoms with van der Waals surface area (Å²) in [5.41, 5.74) is 3.44. The monoisotopic (exact) mass is 236 g/mol. The van der Waals surface area contributed by atoms with Crippen LogP contribution >= 0.6 is 0 Å². The van der Waals surface area contributed by atoms with Gasteiger partial charge in [0.2, 0.25) is 0 Å². The van der Waals surface area contributed by atoms with E-state index in [0.29, 0.717) is 22.3 Å². The smallest absolute Gasteiger partial charge is 0.347 e. The first-order chi connectivity index (χ1) is 7.99. The molecule has 0 bridgehead atoms. The third-order valence-electron chi connectivity index (χ3n) is 3.27. The summed E-state index contributed by atoms with van der Waals surface area (Å²) in [5, 5.41) is 8.54. The van der Waals surface area contributed by atoms with Crippen LogP contribution in [0.25, 0.3) is 0 Å². The normalized spacial score (nSPS) is 13.9. The summed E-state index contributed by atoms with van der Waals surface area (Å²) in [6.45, 7) is 5.24. The number of cyclic esters (lactones) is 2. The Balaban J connectivity index is 2.79. The molecule has 1 aliphatic rings. The summed E-state index contributed by atoms with van der Waals surface area (Å²) in [6, 6.07) is 0. The van der Waals surface area contributed by atoms with Gasteiger partial charge in [-0.2, -0.15) is 0 Å². The zero-order valence-electron chi connectivity index (χ0n) is 9.79. The highest BCUT2D eigenvalue weighted by atomic mass is 17.1. The minimum absolute atomic E-state index is 0.0206. The molecule has 0 spiro atoms. The van der Waals surface area contributed by atoms with Gasteiger partial charge >= 0.3 is 11.9 Å². The van der Waals surface area contributed by atoms with Crippen molar-refractivity contribution in [2.75, 3.05) is 0 Å². The topological polar surface area (TPSA) is 72.8 Å². The molecule has 1 aromatic rings. The number of esters is 2. The van der Waals surface area contributed by atoms with E-state index >= 15 is 0 Å².